The lowest BCUT2D eigenvalue weighted by Crippen LogP contribution is -2.17. The monoisotopic (exact) mass is 276 g/mol. The molecule has 0 aromatic heterocycles. The van der Waals surface area contributed by atoms with Crippen LogP contribution < -0.4 is 4.74 Å². The highest BCUT2D eigenvalue weighted by Gasteiger charge is 2.22. The standard InChI is InChI=1S/C16H17ClO2/c1-11(18)4-5-12-9-16(2,3)10-19-15-8-13(17)6-7-14(12)15/h4-9H,10H2,1-3H3. The maximum Gasteiger partial charge on any atom is 0.152 e. The molecule has 1 aliphatic heterocycles. The van der Waals surface area contributed by atoms with Gasteiger partial charge in [-0.1, -0.05) is 37.6 Å². The largest absolute Gasteiger partial charge is 0.492 e. The molecule has 0 atom stereocenters. The number of hydrogen-bond donors (Lipinski definition) is 0. The van der Waals surface area contributed by atoms with Crippen LogP contribution in [-0.2, 0) is 4.79 Å². The average Bonchev–Trinajstić information content (AvgIpc) is 2.44. The van der Waals surface area contributed by atoms with Gasteiger partial charge in [0.05, 0.1) is 6.61 Å². The summed E-state index contributed by atoms with van der Waals surface area (Å²) in [5, 5.41) is 0.647. The van der Waals surface area contributed by atoms with Crippen molar-refractivity contribution >= 4 is 23.0 Å². The molecule has 100 valence electrons. The van der Waals surface area contributed by atoms with E-state index in [0.717, 1.165) is 16.9 Å². The second-order valence-corrected chi connectivity index (χ2v) is 5.90. The molecule has 1 aliphatic rings. The van der Waals surface area contributed by atoms with Gasteiger partial charge in [-0.25, -0.2) is 0 Å². The van der Waals surface area contributed by atoms with Crippen molar-refractivity contribution in [2.45, 2.75) is 20.8 Å². The zero-order valence-corrected chi connectivity index (χ0v) is 12.1. The number of carbonyl (C=O) groups excluding carboxylic acids is 1. The van der Waals surface area contributed by atoms with E-state index < -0.39 is 0 Å². The van der Waals surface area contributed by atoms with Crippen LogP contribution in [-0.4, -0.2) is 12.4 Å². The van der Waals surface area contributed by atoms with Crippen LogP contribution in [0.4, 0.5) is 0 Å². The molecule has 0 radical (unpaired) electrons. The Morgan fingerprint density at radius 2 is 2.16 bits per heavy atom. The van der Waals surface area contributed by atoms with Gasteiger partial charge < -0.3 is 4.74 Å². The number of carbonyl (C=O) groups is 1. The first-order valence-corrected chi connectivity index (χ1v) is 6.59. The SMILES string of the molecule is CC(=O)C=CC1=CC(C)(C)COc2cc(Cl)ccc21. The van der Waals surface area contributed by atoms with E-state index in [9.17, 15) is 4.79 Å². The molecule has 0 bridgehead atoms. The molecule has 0 spiro atoms. The molecule has 3 heteroatoms. The molecule has 0 amide bonds. The van der Waals surface area contributed by atoms with E-state index in [1.54, 1.807) is 6.08 Å². The molecule has 1 aromatic carbocycles. The summed E-state index contributed by atoms with van der Waals surface area (Å²) >= 11 is 6.00. The van der Waals surface area contributed by atoms with Gasteiger partial charge in [-0.3, -0.25) is 4.79 Å². The molecule has 0 saturated carbocycles. The fourth-order valence-corrected chi connectivity index (χ4v) is 2.17. The van der Waals surface area contributed by atoms with Crippen LogP contribution in [0.15, 0.2) is 36.4 Å². The fraction of sp³-hybridized carbons (Fsp3) is 0.312. The van der Waals surface area contributed by atoms with Gasteiger partial charge in [-0.05, 0) is 36.8 Å². The second kappa shape index (κ2) is 5.22. The number of hydrogen-bond acceptors (Lipinski definition) is 2. The van der Waals surface area contributed by atoms with E-state index in [-0.39, 0.29) is 11.2 Å². The maximum atomic E-state index is 11.1. The first kappa shape index (κ1) is 13.9. The highest BCUT2D eigenvalue weighted by atomic mass is 35.5. The van der Waals surface area contributed by atoms with Crippen molar-refractivity contribution in [3.63, 3.8) is 0 Å². The third kappa shape index (κ3) is 3.48. The topological polar surface area (TPSA) is 26.3 Å². The van der Waals surface area contributed by atoms with Crippen molar-refractivity contribution in [2.75, 3.05) is 6.61 Å². The van der Waals surface area contributed by atoms with Gasteiger partial charge >= 0.3 is 0 Å². The number of benzene rings is 1. The van der Waals surface area contributed by atoms with Crippen LogP contribution >= 0.6 is 11.6 Å². The van der Waals surface area contributed by atoms with Crippen LogP contribution in [0.25, 0.3) is 5.57 Å². The van der Waals surface area contributed by atoms with Gasteiger partial charge in [0, 0.05) is 16.0 Å². The van der Waals surface area contributed by atoms with Gasteiger partial charge in [-0.2, -0.15) is 0 Å². The van der Waals surface area contributed by atoms with Gasteiger partial charge in [0.15, 0.2) is 5.78 Å². The van der Waals surface area contributed by atoms with Gasteiger partial charge in [0.1, 0.15) is 5.75 Å². The normalized spacial score (nSPS) is 17.4. The minimum atomic E-state index is -0.0953. The Morgan fingerprint density at radius 1 is 1.42 bits per heavy atom. The molecule has 0 fully saturated rings. The predicted molar refractivity (Wildman–Crippen MR) is 78.5 cm³/mol. The molecule has 0 aliphatic carbocycles. The Hall–Kier alpha value is -1.54. The van der Waals surface area contributed by atoms with Crippen LogP contribution in [0.5, 0.6) is 5.75 Å². The van der Waals surface area contributed by atoms with Crippen molar-refractivity contribution in [3.8, 4) is 5.75 Å². The van der Waals surface area contributed by atoms with Gasteiger partial charge in [0.25, 0.3) is 0 Å². The Kier molecular flexibility index (Phi) is 3.81. The average molecular weight is 277 g/mol. The fourth-order valence-electron chi connectivity index (χ4n) is 2.00. The number of fused-ring (bicyclic) bond motifs is 1. The number of ether oxygens (including phenoxy) is 1. The molecular weight excluding hydrogens is 260 g/mol. The molecule has 19 heavy (non-hydrogen) atoms. The number of ketones is 1. The Bertz CT molecular complexity index is 568. The third-order valence-electron chi connectivity index (χ3n) is 2.90. The lowest BCUT2D eigenvalue weighted by atomic mass is 9.90. The Labute approximate surface area is 118 Å². The summed E-state index contributed by atoms with van der Waals surface area (Å²) in [5.74, 6) is 0.789. The summed E-state index contributed by atoms with van der Waals surface area (Å²) in [6.07, 6.45) is 5.54. The van der Waals surface area contributed by atoms with E-state index in [1.165, 1.54) is 6.92 Å². The molecular formula is C16H17ClO2. The van der Waals surface area contributed by atoms with Crippen LogP contribution in [0.1, 0.15) is 26.3 Å². The lowest BCUT2D eigenvalue weighted by molar-refractivity contribution is -0.112. The lowest BCUT2D eigenvalue weighted by Gasteiger charge is -2.18. The third-order valence-corrected chi connectivity index (χ3v) is 3.13. The quantitative estimate of drug-likeness (QED) is 0.754. The predicted octanol–water partition coefficient (Wildman–Crippen LogP) is 4.29. The number of allylic oxidation sites excluding steroid dienone is 3. The van der Waals surface area contributed by atoms with E-state index in [4.69, 9.17) is 16.3 Å². The van der Waals surface area contributed by atoms with Crippen LogP contribution in [0.3, 0.4) is 0 Å². The first-order chi connectivity index (χ1) is 8.87. The molecule has 0 N–H and O–H groups in total. The first-order valence-electron chi connectivity index (χ1n) is 6.22. The van der Waals surface area contributed by atoms with E-state index >= 15 is 0 Å². The summed E-state index contributed by atoms with van der Waals surface area (Å²) in [6, 6.07) is 5.57. The second-order valence-electron chi connectivity index (χ2n) is 5.46. The smallest absolute Gasteiger partial charge is 0.152 e. The summed E-state index contributed by atoms with van der Waals surface area (Å²) < 4.78 is 5.83. The number of rotatable bonds is 2. The summed E-state index contributed by atoms with van der Waals surface area (Å²) in [5.41, 5.74) is 1.86. The van der Waals surface area contributed by atoms with Gasteiger partial charge in [0.2, 0.25) is 0 Å². The van der Waals surface area contributed by atoms with Crippen molar-refractivity contribution in [1.29, 1.82) is 0 Å². The molecule has 2 rings (SSSR count). The highest BCUT2D eigenvalue weighted by molar-refractivity contribution is 6.30. The molecule has 2 nitrogen and oxygen atoms in total. The zero-order chi connectivity index (χ0) is 14.0. The van der Waals surface area contributed by atoms with Crippen molar-refractivity contribution < 1.29 is 9.53 Å². The van der Waals surface area contributed by atoms with Crippen molar-refractivity contribution in [2.24, 2.45) is 5.41 Å². The summed E-state index contributed by atoms with van der Waals surface area (Å²) in [4.78, 5) is 11.1. The molecule has 0 unspecified atom stereocenters. The van der Waals surface area contributed by atoms with Crippen LogP contribution in [0, 0.1) is 5.41 Å². The van der Waals surface area contributed by atoms with Crippen molar-refractivity contribution in [1.82, 2.24) is 0 Å². The van der Waals surface area contributed by atoms with E-state index in [0.29, 0.717) is 11.6 Å². The van der Waals surface area contributed by atoms with E-state index in [1.807, 2.05) is 24.3 Å². The van der Waals surface area contributed by atoms with Crippen LogP contribution in [0.2, 0.25) is 5.02 Å². The molecule has 0 saturated heterocycles. The summed E-state index contributed by atoms with van der Waals surface area (Å²) in [7, 11) is 0. The van der Waals surface area contributed by atoms with Gasteiger partial charge in [-0.15, -0.1) is 0 Å². The van der Waals surface area contributed by atoms with Crippen molar-refractivity contribution in [3.05, 3.63) is 47.0 Å². The zero-order valence-electron chi connectivity index (χ0n) is 11.4. The Morgan fingerprint density at radius 3 is 2.84 bits per heavy atom. The molecule has 1 aromatic rings. The minimum absolute atomic E-state index is 0.0272. The number of halogens is 1. The Balaban J connectivity index is 2.52. The summed E-state index contributed by atoms with van der Waals surface area (Å²) in [6.45, 7) is 6.32. The molecule has 1 heterocycles. The highest BCUT2D eigenvalue weighted by Crippen LogP contribution is 2.37. The maximum absolute atomic E-state index is 11.1. The minimum Gasteiger partial charge on any atom is -0.492 e. The van der Waals surface area contributed by atoms with E-state index in [2.05, 4.69) is 19.9 Å².